The number of hydrogen-bond acceptors (Lipinski definition) is 2. The lowest BCUT2D eigenvalue weighted by molar-refractivity contribution is 0.332. The average molecular weight is 905 g/mol. The lowest BCUT2D eigenvalue weighted by atomic mass is 9.33. The van der Waals surface area contributed by atoms with Crippen LogP contribution >= 0.6 is 0 Å². The smallest absolute Gasteiger partial charge is 0.252 e. The van der Waals surface area contributed by atoms with Gasteiger partial charge in [0.15, 0.2) is 0 Å². The molecule has 0 saturated carbocycles. The van der Waals surface area contributed by atoms with Gasteiger partial charge in [0, 0.05) is 34.1 Å². The fourth-order valence-corrected chi connectivity index (χ4v) is 11.9. The van der Waals surface area contributed by atoms with Crippen molar-refractivity contribution in [3.05, 3.63) is 222 Å². The lowest BCUT2D eigenvalue weighted by Crippen LogP contribution is -2.62. The summed E-state index contributed by atoms with van der Waals surface area (Å²) in [7, 11) is 0. The molecule has 3 heteroatoms. The van der Waals surface area contributed by atoms with Gasteiger partial charge in [-0.1, -0.05) is 188 Å². The first kappa shape index (κ1) is 43.9. The van der Waals surface area contributed by atoms with Crippen molar-refractivity contribution in [3.63, 3.8) is 0 Å². The first-order valence-electron chi connectivity index (χ1n) is 25.3. The van der Waals surface area contributed by atoms with E-state index in [-0.39, 0.29) is 23.0 Å². The summed E-state index contributed by atoms with van der Waals surface area (Å²) < 4.78 is 0. The summed E-state index contributed by atoms with van der Waals surface area (Å²) in [5.41, 5.74) is 26.5. The second-order valence-corrected chi connectivity index (χ2v) is 22.6. The van der Waals surface area contributed by atoms with Crippen LogP contribution in [-0.2, 0) is 16.2 Å². The van der Waals surface area contributed by atoms with Crippen LogP contribution in [0.3, 0.4) is 0 Å². The highest BCUT2D eigenvalue weighted by atomic mass is 15.2. The highest BCUT2D eigenvalue weighted by molar-refractivity contribution is 7.00. The van der Waals surface area contributed by atoms with Gasteiger partial charge >= 0.3 is 0 Å². The second-order valence-electron chi connectivity index (χ2n) is 22.6. The molecular weight excluding hydrogens is 844 g/mol. The molecule has 70 heavy (non-hydrogen) atoms. The molecule has 0 bridgehead atoms. The van der Waals surface area contributed by atoms with Gasteiger partial charge in [-0.25, -0.2) is 0 Å². The van der Waals surface area contributed by atoms with E-state index in [0.717, 1.165) is 18.5 Å². The molecule has 2 heterocycles. The first-order valence-corrected chi connectivity index (χ1v) is 25.3. The third-order valence-corrected chi connectivity index (χ3v) is 15.8. The van der Waals surface area contributed by atoms with Crippen LogP contribution < -0.4 is 26.2 Å². The number of fused-ring (bicyclic) bond motifs is 5. The molecule has 0 atom stereocenters. The van der Waals surface area contributed by atoms with Crippen LogP contribution in [0.4, 0.5) is 34.1 Å². The minimum Gasteiger partial charge on any atom is -0.311 e. The topological polar surface area (TPSA) is 6.48 Å². The van der Waals surface area contributed by atoms with Gasteiger partial charge in [0.25, 0.3) is 6.71 Å². The molecule has 1 aliphatic carbocycles. The van der Waals surface area contributed by atoms with Crippen LogP contribution in [0.5, 0.6) is 0 Å². The van der Waals surface area contributed by atoms with Gasteiger partial charge < -0.3 is 9.80 Å². The third kappa shape index (κ3) is 7.41. The zero-order chi connectivity index (χ0) is 48.1. The Morgan fingerprint density at radius 1 is 0.386 bits per heavy atom. The van der Waals surface area contributed by atoms with Gasteiger partial charge in [-0.3, -0.25) is 0 Å². The summed E-state index contributed by atoms with van der Waals surface area (Å²) in [4.78, 5) is 5.27. The Bertz CT molecular complexity index is 3340. The van der Waals surface area contributed by atoms with Crippen molar-refractivity contribution >= 4 is 57.2 Å². The second kappa shape index (κ2) is 16.4. The van der Waals surface area contributed by atoms with Crippen LogP contribution in [0.25, 0.3) is 44.5 Å². The van der Waals surface area contributed by atoms with Gasteiger partial charge in [0.2, 0.25) is 0 Å². The Hall–Kier alpha value is -7.36. The van der Waals surface area contributed by atoms with Crippen LogP contribution in [-0.4, -0.2) is 6.71 Å². The van der Waals surface area contributed by atoms with Crippen molar-refractivity contribution in [2.45, 2.75) is 84.5 Å². The quantitative estimate of drug-likeness (QED) is 0.153. The standard InChI is InChI=1S/C67H61BN2/c1-44-33-62-64-63(34-44)70(55-39-51(47-25-17-11-18-26-47)36-52(40-55)48-27-19-12-20-28-48)61-43-57-56(66(5,6)31-32-67(57,7)8)42-59(61)68(64)58-30-29-53(65(2,3)4)41-60(58)69(62)54-37-49(45-21-13-9-14-22-45)35-50(38-54)46-23-15-10-16-24-46/h9-30,33-43H,31-32H2,1-8H3. The summed E-state index contributed by atoms with van der Waals surface area (Å²) in [5.74, 6) is 0. The normalized spacial score (nSPS) is 15.2. The number of aryl methyl sites for hydroxylation is 1. The lowest BCUT2D eigenvalue weighted by Gasteiger charge is -2.47. The molecular formula is C67H61BN2. The van der Waals surface area contributed by atoms with E-state index in [9.17, 15) is 0 Å². The van der Waals surface area contributed by atoms with Crippen molar-refractivity contribution < 1.29 is 0 Å². The Balaban J connectivity index is 1.20. The monoisotopic (exact) mass is 904 g/mol. The number of nitrogens with zero attached hydrogens (tertiary/aromatic N) is 2. The number of hydrogen-bond donors (Lipinski definition) is 0. The predicted molar refractivity (Wildman–Crippen MR) is 301 cm³/mol. The molecule has 0 N–H and O–H groups in total. The van der Waals surface area contributed by atoms with Crippen LogP contribution in [0.15, 0.2) is 200 Å². The summed E-state index contributed by atoms with van der Waals surface area (Å²) in [6, 6.07) is 75.8. The molecule has 342 valence electrons. The summed E-state index contributed by atoms with van der Waals surface area (Å²) >= 11 is 0. The van der Waals surface area contributed by atoms with E-state index in [1.54, 1.807) is 0 Å². The molecule has 0 spiro atoms. The first-order chi connectivity index (χ1) is 33.7. The van der Waals surface area contributed by atoms with Crippen LogP contribution in [0.1, 0.15) is 83.6 Å². The maximum absolute atomic E-state index is 2.66. The Morgan fingerprint density at radius 3 is 1.17 bits per heavy atom. The maximum Gasteiger partial charge on any atom is 0.252 e. The molecule has 0 fully saturated rings. The van der Waals surface area contributed by atoms with Crippen molar-refractivity contribution in [2.75, 3.05) is 9.80 Å². The number of rotatable bonds is 6. The molecule has 3 aliphatic rings. The van der Waals surface area contributed by atoms with Crippen LogP contribution in [0, 0.1) is 6.92 Å². The highest BCUT2D eigenvalue weighted by Crippen LogP contribution is 2.52. The van der Waals surface area contributed by atoms with Crippen molar-refractivity contribution in [3.8, 4) is 44.5 Å². The molecule has 0 aromatic heterocycles. The van der Waals surface area contributed by atoms with Gasteiger partial charge in [-0.15, -0.1) is 0 Å². The van der Waals surface area contributed by atoms with Crippen molar-refractivity contribution in [2.24, 2.45) is 0 Å². The van der Waals surface area contributed by atoms with Crippen molar-refractivity contribution in [1.29, 1.82) is 0 Å². The summed E-state index contributed by atoms with van der Waals surface area (Å²) in [6.45, 7) is 19.2. The molecule has 2 aliphatic heterocycles. The predicted octanol–water partition coefficient (Wildman–Crippen LogP) is 16.4. The molecule has 0 radical (unpaired) electrons. The van der Waals surface area contributed by atoms with E-state index < -0.39 is 0 Å². The largest absolute Gasteiger partial charge is 0.311 e. The van der Waals surface area contributed by atoms with E-state index in [1.165, 1.54) is 112 Å². The fraction of sp³-hybridized carbons (Fsp3) is 0.194. The molecule has 2 nitrogen and oxygen atoms in total. The third-order valence-electron chi connectivity index (χ3n) is 15.8. The maximum atomic E-state index is 2.66. The fourth-order valence-electron chi connectivity index (χ4n) is 11.9. The summed E-state index contributed by atoms with van der Waals surface area (Å²) in [5, 5.41) is 0. The van der Waals surface area contributed by atoms with Crippen molar-refractivity contribution in [1.82, 2.24) is 0 Å². The Kier molecular flexibility index (Phi) is 10.3. The molecule has 0 amide bonds. The number of anilines is 6. The van der Waals surface area contributed by atoms with Gasteiger partial charge in [0.05, 0.1) is 0 Å². The average Bonchev–Trinajstić information content (AvgIpc) is 3.37. The molecule has 0 unspecified atom stereocenters. The molecule has 9 aromatic carbocycles. The molecule has 12 rings (SSSR count). The zero-order valence-corrected chi connectivity index (χ0v) is 41.9. The van der Waals surface area contributed by atoms with E-state index in [4.69, 9.17) is 0 Å². The summed E-state index contributed by atoms with van der Waals surface area (Å²) in [6.07, 6.45) is 2.30. The Morgan fingerprint density at radius 2 is 0.771 bits per heavy atom. The molecule has 9 aromatic rings. The number of benzene rings is 9. The van der Waals surface area contributed by atoms with Gasteiger partial charge in [-0.2, -0.15) is 0 Å². The zero-order valence-electron chi connectivity index (χ0n) is 41.9. The molecule has 0 saturated heterocycles. The minimum absolute atomic E-state index is 0.0000524. The van der Waals surface area contributed by atoms with E-state index in [1.807, 2.05) is 0 Å². The van der Waals surface area contributed by atoms with Gasteiger partial charge in [-0.05, 0) is 180 Å². The minimum atomic E-state index is -0.0595. The Labute approximate surface area is 416 Å². The SMILES string of the molecule is Cc1cc2c3c(c1)N(c1cc(-c4ccccc4)cc(-c4ccccc4)c1)c1cc4c(cc1B3c1ccc(C(C)(C)C)cc1N2c1cc(-c2ccccc2)cc(-c2ccccc2)c1)C(C)(C)CCC4(C)C. The van der Waals surface area contributed by atoms with E-state index >= 15 is 0 Å². The van der Waals surface area contributed by atoms with E-state index in [2.05, 4.69) is 265 Å². The highest BCUT2D eigenvalue weighted by Gasteiger charge is 2.47. The van der Waals surface area contributed by atoms with Crippen LogP contribution in [0.2, 0.25) is 0 Å². The van der Waals surface area contributed by atoms with Gasteiger partial charge in [0.1, 0.15) is 0 Å². The van der Waals surface area contributed by atoms with E-state index in [0.29, 0.717) is 0 Å².